The third kappa shape index (κ3) is 4.73. The van der Waals surface area contributed by atoms with Gasteiger partial charge in [-0.2, -0.15) is 14.6 Å². The molecule has 0 atom stereocenters. The molecule has 0 aliphatic heterocycles. The van der Waals surface area contributed by atoms with Gasteiger partial charge in [0.15, 0.2) is 5.82 Å². The number of fused-ring (bicyclic) bond motifs is 1. The van der Waals surface area contributed by atoms with Crippen LogP contribution in [0.25, 0.3) is 39.4 Å². The third-order valence-corrected chi connectivity index (χ3v) is 7.12. The molecular formula is C30H25N5O2S. The van der Waals surface area contributed by atoms with Gasteiger partial charge in [0.1, 0.15) is 11.4 Å². The van der Waals surface area contributed by atoms with E-state index in [0.717, 1.165) is 46.7 Å². The van der Waals surface area contributed by atoms with Gasteiger partial charge in [-0.3, -0.25) is 4.79 Å². The molecule has 0 unspecified atom stereocenters. The maximum absolute atomic E-state index is 13.3. The maximum Gasteiger partial charge on any atom is 0.291 e. The minimum atomic E-state index is -0.197. The highest BCUT2D eigenvalue weighted by atomic mass is 32.1. The van der Waals surface area contributed by atoms with Gasteiger partial charge in [0.25, 0.3) is 5.56 Å². The summed E-state index contributed by atoms with van der Waals surface area (Å²) in [5, 5.41) is 9.35. The average molecular weight is 520 g/mol. The number of hydrogen-bond donors (Lipinski definition) is 0. The minimum Gasteiger partial charge on any atom is -0.494 e. The van der Waals surface area contributed by atoms with Gasteiger partial charge >= 0.3 is 0 Å². The topological polar surface area (TPSA) is 74.3 Å². The lowest BCUT2D eigenvalue weighted by molar-refractivity contribution is 0.309. The predicted molar refractivity (Wildman–Crippen MR) is 151 cm³/mol. The summed E-state index contributed by atoms with van der Waals surface area (Å²) < 4.78 is 9.59. The summed E-state index contributed by atoms with van der Waals surface area (Å²) in [6.07, 6.45) is 5.93. The molecule has 38 heavy (non-hydrogen) atoms. The largest absolute Gasteiger partial charge is 0.494 e. The number of unbranched alkanes of at least 4 members (excludes halogenated alkanes) is 1. The van der Waals surface area contributed by atoms with E-state index >= 15 is 0 Å². The number of benzene rings is 3. The average Bonchev–Trinajstić information content (AvgIpc) is 3.65. The molecule has 0 radical (unpaired) electrons. The Bertz CT molecular complexity index is 1790. The Hall–Kier alpha value is -4.56. The fourth-order valence-corrected chi connectivity index (χ4v) is 5.06. The summed E-state index contributed by atoms with van der Waals surface area (Å²) in [7, 11) is 0. The lowest BCUT2D eigenvalue weighted by atomic mass is 10.1. The van der Waals surface area contributed by atoms with E-state index in [0.29, 0.717) is 21.9 Å². The van der Waals surface area contributed by atoms with Crippen LogP contribution >= 0.6 is 11.3 Å². The second-order valence-electron chi connectivity index (χ2n) is 8.85. The molecule has 3 aromatic heterocycles. The number of nitrogens with zero attached hydrogens (tertiary/aromatic N) is 5. The molecule has 3 heterocycles. The summed E-state index contributed by atoms with van der Waals surface area (Å²) >= 11 is 1.32. The molecule has 6 rings (SSSR count). The second-order valence-corrected chi connectivity index (χ2v) is 9.86. The summed E-state index contributed by atoms with van der Waals surface area (Å²) in [5.74, 6) is 1.37. The van der Waals surface area contributed by atoms with E-state index in [9.17, 15) is 4.79 Å². The SMILES string of the molecule is CCCCOc1ccc(-c2nn(-c3ccccc3)cc2C=c2sc3nc(-c4ccccc4)nn3c2=O)cc1. The standard InChI is InChI=1S/C30H25N5O2S/c1-2-3-18-37-25-16-14-21(15-17-25)27-23(20-34(32-27)24-12-8-5-9-13-24)19-26-29(36)35-30(38-26)31-28(33-35)22-10-6-4-7-11-22/h4-17,19-20H,2-3,18H2,1H3. The maximum atomic E-state index is 13.3. The van der Waals surface area contributed by atoms with Crippen molar-refractivity contribution in [3.8, 4) is 34.1 Å². The third-order valence-electron chi connectivity index (χ3n) is 6.16. The van der Waals surface area contributed by atoms with Crippen LogP contribution in [0.4, 0.5) is 0 Å². The Morgan fingerprint density at radius 1 is 0.895 bits per heavy atom. The van der Waals surface area contributed by atoms with E-state index in [1.165, 1.54) is 15.9 Å². The first-order valence-corrected chi connectivity index (χ1v) is 13.4. The van der Waals surface area contributed by atoms with Gasteiger partial charge in [-0.1, -0.05) is 73.2 Å². The van der Waals surface area contributed by atoms with Crippen molar-refractivity contribution < 1.29 is 4.74 Å². The molecule has 0 amide bonds. The molecule has 0 spiro atoms. The van der Waals surface area contributed by atoms with Crippen molar-refractivity contribution in [3.05, 3.63) is 112 Å². The van der Waals surface area contributed by atoms with Crippen LogP contribution in [0.2, 0.25) is 0 Å². The highest BCUT2D eigenvalue weighted by molar-refractivity contribution is 7.15. The van der Waals surface area contributed by atoms with Crippen LogP contribution in [0.5, 0.6) is 5.75 Å². The molecule has 0 aliphatic carbocycles. The normalized spacial score (nSPS) is 11.9. The van der Waals surface area contributed by atoms with Gasteiger partial charge in [0, 0.05) is 22.9 Å². The van der Waals surface area contributed by atoms with Gasteiger partial charge in [0.2, 0.25) is 4.96 Å². The fourth-order valence-electron chi connectivity index (χ4n) is 4.16. The molecule has 0 bridgehead atoms. The first-order chi connectivity index (χ1) is 18.7. The lowest BCUT2D eigenvalue weighted by Crippen LogP contribution is -2.23. The van der Waals surface area contributed by atoms with Crippen LogP contribution in [0, 0.1) is 0 Å². The van der Waals surface area contributed by atoms with Crippen LogP contribution in [-0.2, 0) is 0 Å². The number of rotatable bonds is 8. The van der Waals surface area contributed by atoms with Crippen LogP contribution in [0.3, 0.4) is 0 Å². The second kappa shape index (κ2) is 10.4. The van der Waals surface area contributed by atoms with Gasteiger partial charge < -0.3 is 4.74 Å². The zero-order chi connectivity index (χ0) is 25.9. The summed E-state index contributed by atoms with van der Waals surface area (Å²) in [4.78, 5) is 18.4. The van der Waals surface area contributed by atoms with E-state index in [1.54, 1.807) is 0 Å². The zero-order valence-corrected chi connectivity index (χ0v) is 21.6. The monoisotopic (exact) mass is 519 g/mol. The van der Waals surface area contributed by atoms with Crippen LogP contribution in [0.1, 0.15) is 25.3 Å². The molecule has 0 saturated carbocycles. The molecule has 0 aliphatic rings. The Balaban J connectivity index is 1.41. The summed E-state index contributed by atoms with van der Waals surface area (Å²) in [6.45, 7) is 2.84. The highest BCUT2D eigenvalue weighted by Crippen LogP contribution is 2.27. The Morgan fingerprint density at radius 2 is 1.63 bits per heavy atom. The first-order valence-electron chi connectivity index (χ1n) is 12.5. The van der Waals surface area contributed by atoms with E-state index in [1.807, 2.05) is 102 Å². The Kier molecular flexibility index (Phi) is 6.54. The van der Waals surface area contributed by atoms with Crippen LogP contribution in [-0.4, -0.2) is 31.0 Å². The molecule has 0 fully saturated rings. The quantitative estimate of drug-likeness (QED) is 0.252. The molecular weight excluding hydrogens is 494 g/mol. The van der Waals surface area contributed by atoms with Crippen molar-refractivity contribution in [2.45, 2.75) is 19.8 Å². The number of para-hydroxylation sites is 1. The molecule has 3 aromatic carbocycles. The van der Waals surface area contributed by atoms with E-state index < -0.39 is 0 Å². The van der Waals surface area contributed by atoms with Crippen molar-refractivity contribution in [1.29, 1.82) is 0 Å². The van der Waals surface area contributed by atoms with Crippen molar-refractivity contribution >= 4 is 22.4 Å². The fraction of sp³-hybridized carbons (Fsp3) is 0.133. The van der Waals surface area contributed by atoms with E-state index in [4.69, 9.17) is 9.84 Å². The van der Waals surface area contributed by atoms with Gasteiger partial charge in [-0.05, 0) is 48.9 Å². The summed E-state index contributed by atoms with van der Waals surface area (Å²) in [6, 6.07) is 27.5. The predicted octanol–water partition coefficient (Wildman–Crippen LogP) is 5.40. The molecule has 0 saturated heterocycles. The van der Waals surface area contributed by atoms with Crippen LogP contribution < -0.4 is 14.8 Å². The van der Waals surface area contributed by atoms with Crippen molar-refractivity contribution in [2.24, 2.45) is 0 Å². The highest BCUT2D eigenvalue weighted by Gasteiger charge is 2.15. The zero-order valence-electron chi connectivity index (χ0n) is 20.8. The first kappa shape index (κ1) is 23.8. The summed E-state index contributed by atoms with van der Waals surface area (Å²) in [5.41, 5.74) is 4.16. The lowest BCUT2D eigenvalue weighted by Gasteiger charge is -2.06. The molecule has 6 aromatic rings. The number of hydrogen-bond acceptors (Lipinski definition) is 6. The molecule has 7 nitrogen and oxygen atoms in total. The Morgan fingerprint density at radius 3 is 2.34 bits per heavy atom. The van der Waals surface area contributed by atoms with Crippen molar-refractivity contribution in [2.75, 3.05) is 6.61 Å². The van der Waals surface area contributed by atoms with Crippen molar-refractivity contribution in [3.63, 3.8) is 0 Å². The van der Waals surface area contributed by atoms with Crippen molar-refractivity contribution in [1.82, 2.24) is 24.4 Å². The molecule has 188 valence electrons. The number of thiazole rings is 1. The van der Waals surface area contributed by atoms with E-state index in [2.05, 4.69) is 17.0 Å². The minimum absolute atomic E-state index is 0.197. The molecule has 8 heteroatoms. The molecule has 0 N–H and O–H groups in total. The van der Waals surface area contributed by atoms with Gasteiger partial charge in [-0.25, -0.2) is 4.68 Å². The Labute approximate surface area is 223 Å². The van der Waals surface area contributed by atoms with Gasteiger partial charge in [-0.15, -0.1) is 5.10 Å². The van der Waals surface area contributed by atoms with Gasteiger partial charge in [0.05, 0.1) is 16.8 Å². The van der Waals surface area contributed by atoms with Crippen LogP contribution in [0.15, 0.2) is 95.9 Å². The number of ether oxygens (including phenoxy) is 1. The smallest absolute Gasteiger partial charge is 0.291 e. The number of aromatic nitrogens is 5. The van der Waals surface area contributed by atoms with E-state index in [-0.39, 0.29) is 5.56 Å².